The number of nitro benzene ring substituents is 1. The van der Waals surface area contributed by atoms with E-state index < -0.39 is 28.5 Å². The lowest BCUT2D eigenvalue weighted by molar-refractivity contribution is -0.384. The first kappa shape index (κ1) is 19.6. The number of nitrogens with one attached hydrogen (secondary N) is 1. The number of nitro groups is 1. The van der Waals surface area contributed by atoms with Gasteiger partial charge in [-0.2, -0.15) is 0 Å². The van der Waals surface area contributed by atoms with Crippen LogP contribution in [-0.2, 0) is 9.59 Å². The van der Waals surface area contributed by atoms with Crippen LogP contribution in [0, 0.1) is 10.1 Å². The lowest BCUT2D eigenvalue weighted by atomic mass is 10.2. The fraction of sp³-hybridized carbons (Fsp3) is 0.0556. The molecule has 3 rings (SSSR count). The van der Waals surface area contributed by atoms with Gasteiger partial charge in [-0.05, 0) is 47.7 Å². The molecule has 0 atom stereocenters. The second kappa shape index (κ2) is 8.24. The fourth-order valence-electron chi connectivity index (χ4n) is 2.38. The van der Waals surface area contributed by atoms with E-state index in [-0.39, 0.29) is 10.6 Å². The van der Waals surface area contributed by atoms with E-state index in [1.807, 2.05) is 0 Å². The molecule has 0 unspecified atom stereocenters. The number of hydrogen-bond acceptors (Lipinski definition) is 6. The molecular formula is C18H12ClN3O5S. The van der Waals surface area contributed by atoms with Crippen LogP contribution in [-0.4, -0.2) is 33.4 Å². The maximum absolute atomic E-state index is 12.5. The molecule has 1 N–H and O–H groups in total. The summed E-state index contributed by atoms with van der Waals surface area (Å²) in [6.07, 6.45) is 1.45. The third kappa shape index (κ3) is 4.38. The molecule has 2 aromatic carbocycles. The molecule has 0 aromatic heterocycles. The number of rotatable bonds is 5. The number of carbonyl (C=O) groups excluding carboxylic acids is 3. The Morgan fingerprint density at radius 2 is 1.86 bits per heavy atom. The number of thioether (sulfide) groups is 1. The highest BCUT2D eigenvalue weighted by Gasteiger charge is 2.36. The van der Waals surface area contributed by atoms with E-state index in [0.717, 1.165) is 4.90 Å². The molecule has 0 aliphatic carbocycles. The van der Waals surface area contributed by atoms with Crippen molar-refractivity contribution in [2.24, 2.45) is 0 Å². The summed E-state index contributed by atoms with van der Waals surface area (Å²) in [5, 5.41) is 13.0. The molecule has 1 fully saturated rings. The number of para-hydroxylation sites is 1. The number of benzene rings is 2. The Morgan fingerprint density at radius 1 is 1.18 bits per heavy atom. The topological polar surface area (TPSA) is 110 Å². The summed E-state index contributed by atoms with van der Waals surface area (Å²) in [5.74, 6) is -1.17. The van der Waals surface area contributed by atoms with Gasteiger partial charge in [0, 0.05) is 12.1 Å². The monoisotopic (exact) mass is 417 g/mol. The van der Waals surface area contributed by atoms with Gasteiger partial charge in [0.05, 0.1) is 20.5 Å². The summed E-state index contributed by atoms with van der Waals surface area (Å²) in [7, 11) is 0. The van der Waals surface area contributed by atoms with Crippen LogP contribution >= 0.6 is 23.4 Å². The molecule has 0 bridgehead atoms. The zero-order valence-corrected chi connectivity index (χ0v) is 15.7. The molecule has 3 amide bonds. The summed E-state index contributed by atoms with van der Waals surface area (Å²) in [4.78, 5) is 47.8. The molecular weight excluding hydrogens is 406 g/mol. The maximum atomic E-state index is 12.5. The first-order valence-corrected chi connectivity index (χ1v) is 9.09. The summed E-state index contributed by atoms with van der Waals surface area (Å²) < 4.78 is 0. The van der Waals surface area contributed by atoms with Crippen molar-refractivity contribution in [2.45, 2.75) is 0 Å². The highest BCUT2D eigenvalue weighted by atomic mass is 35.5. The summed E-state index contributed by atoms with van der Waals surface area (Å²) >= 11 is 6.67. The molecule has 0 saturated carbocycles. The number of nitrogens with zero attached hydrogens (tertiary/aromatic N) is 2. The second-order valence-electron chi connectivity index (χ2n) is 5.64. The van der Waals surface area contributed by atoms with Gasteiger partial charge in [-0.25, -0.2) is 0 Å². The standard InChI is InChI=1S/C18H12ClN3O5S/c19-13-3-1-2-4-14(13)20-16(23)10-21-17(24)15(28-18(21)25)9-11-5-7-12(8-6-11)22(26)27/h1-9H,10H2,(H,20,23)/b15-9+. The molecule has 1 aliphatic heterocycles. The normalized spacial score (nSPS) is 15.2. The van der Waals surface area contributed by atoms with E-state index in [9.17, 15) is 24.5 Å². The van der Waals surface area contributed by atoms with E-state index in [0.29, 0.717) is 28.0 Å². The van der Waals surface area contributed by atoms with Crippen LogP contribution in [0.5, 0.6) is 0 Å². The SMILES string of the molecule is O=C(CN1C(=O)S/C(=C/c2ccc([N+](=O)[O-])cc2)C1=O)Nc1ccccc1Cl. The largest absolute Gasteiger partial charge is 0.323 e. The van der Waals surface area contributed by atoms with Crippen LogP contribution in [0.25, 0.3) is 6.08 Å². The number of halogens is 1. The fourth-order valence-corrected chi connectivity index (χ4v) is 3.40. The van der Waals surface area contributed by atoms with Crippen LogP contribution in [0.2, 0.25) is 5.02 Å². The Hall–Kier alpha value is -3.17. The second-order valence-corrected chi connectivity index (χ2v) is 7.04. The van der Waals surface area contributed by atoms with Gasteiger partial charge < -0.3 is 5.32 Å². The van der Waals surface area contributed by atoms with Gasteiger partial charge in [-0.1, -0.05) is 23.7 Å². The lowest BCUT2D eigenvalue weighted by Gasteiger charge is -2.13. The lowest BCUT2D eigenvalue weighted by Crippen LogP contribution is -2.36. The average molecular weight is 418 g/mol. The minimum atomic E-state index is -0.609. The van der Waals surface area contributed by atoms with Crippen LogP contribution < -0.4 is 5.32 Å². The van der Waals surface area contributed by atoms with Gasteiger partial charge in [0.2, 0.25) is 5.91 Å². The van der Waals surface area contributed by atoms with Gasteiger partial charge in [-0.15, -0.1) is 0 Å². The third-order valence-electron chi connectivity index (χ3n) is 3.72. The van der Waals surface area contributed by atoms with Crippen molar-refractivity contribution in [3.05, 3.63) is 74.1 Å². The number of carbonyl (C=O) groups is 3. The van der Waals surface area contributed by atoms with Gasteiger partial charge in [0.1, 0.15) is 6.54 Å². The minimum Gasteiger partial charge on any atom is -0.323 e. The molecule has 1 heterocycles. The van der Waals surface area contributed by atoms with Crippen LogP contribution in [0.4, 0.5) is 16.2 Å². The molecule has 2 aromatic rings. The number of amides is 3. The molecule has 1 saturated heterocycles. The van der Waals surface area contributed by atoms with Crippen LogP contribution in [0.1, 0.15) is 5.56 Å². The average Bonchev–Trinajstić information content (AvgIpc) is 2.91. The van der Waals surface area contributed by atoms with Crippen molar-refractivity contribution >= 4 is 57.9 Å². The van der Waals surface area contributed by atoms with Crippen molar-refractivity contribution in [2.75, 3.05) is 11.9 Å². The Morgan fingerprint density at radius 3 is 2.50 bits per heavy atom. The smallest absolute Gasteiger partial charge is 0.294 e. The first-order chi connectivity index (χ1) is 13.3. The Balaban J connectivity index is 1.70. The van der Waals surface area contributed by atoms with Crippen molar-refractivity contribution in [1.82, 2.24) is 4.90 Å². The third-order valence-corrected chi connectivity index (χ3v) is 4.96. The van der Waals surface area contributed by atoms with E-state index >= 15 is 0 Å². The van der Waals surface area contributed by atoms with Crippen molar-refractivity contribution in [3.8, 4) is 0 Å². The van der Waals surface area contributed by atoms with Crippen molar-refractivity contribution < 1.29 is 19.3 Å². The molecule has 8 nitrogen and oxygen atoms in total. The van der Waals surface area contributed by atoms with E-state index in [1.165, 1.54) is 30.3 Å². The molecule has 142 valence electrons. The van der Waals surface area contributed by atoms with Crippen molar-refractivity contribution in [1.29, 1.82) is 0 Å². The molecule has 0 radical (unpaired) electrons. The zero-order chi connectivity index (χ0) is 20.3. The Labute approximate surface area is 168 Å². The number of imide groups is 1. The Bertz CT molecular complexity index is 1010. The van der Waals surface area contributed by atoms with Crippen LogP contribution in [0.3, 0.4) is 0 Å². The van der Waals surface area contributed by atoms with Gasteiger partial charge >= 0.3 is 0 Å². The molecule has 0 spiro atoms. The number of hydrogen-bond donors (Lipinski definition) is 1. The van der Waals surface area contributed by atoms with Crippen LogP contribution in [0.15, 0.2) is 53.4 Å². The van der Waals surface area contributed by atoms with Gasteiger partial charge in [-0.3, -0.25) is 29.4 Å². The minimum absolute atomic E-state index is 0.0819. The van der Waals surface area contributed by atoms with Gasteiger partial charge in [0.25, 0.3) is 16.8 Å². The molecule has 1 aliphatic rings. The quantitative estimate of drug-likeness (QED) is 0.448. The summed E-state index contributed by atoms with van der Waals surface area (Å²) in [6.45, 7) is -0.451. The predicted molar refractivity (Wildman–Crippen MR) is 106 cm³/mol. The number of non-ortho nitro benzene ring substituents is 1. The van der Waals surface area contributed by atoms with E-state index in [2.05, 4.69) is 5.32 Å². The highest BCUT2D eigenvalue weighted by molar-refractivity contribution is 8.18. The maximum Gasteiger partial charge on any atom is 0.294 e. The molecule has 10 heteroatoms. The summed E-state index contributed by atoms with van der Waals surface area (Å²) in [5.41, 5.74) is 0.820. The Kier molecular flexibility index (Phi) is 5.76. The summed E-state index contributed by atoms with van der Waals surface area (Å²) in [6, 6.07) is 12.1. The van der Waals surface area contributed by atoms with E-state index in [4.69, 9.17) is 11.6 Å². The van der Waals surface area contributed by atoms with Crippen molar-refractivity contribution in [3.63, 3.8) is 0 Å². The zero-order valence-electron chi connectivity index (χ0n) is 14.1. The number of anilines is 1. The first-order valence-electron chi connectivity index (χ1n) is 7.89. The highest BCUT2D eigenvalue weighted by Crippen LogP contribution is 2.32. The van der Waals surface area contributed by atoms with Gasteiger partial charge in [0.15, 0.2) is 0 Å². The predicted octanol–water partition coefficient (Wildman–Crippen LogP) is 3.92. The molecule has 28 heavy (non-hydrogen) atoms. The van der Waals surface area contributed by atoms with E-state index in [1.54, 1.807) is 24.3 Å².